The average molecular weight is 180 g/mol. The summed E-state index contributed by atoms with van der Waals surface area (Å²) >= 11 is 0. The first-order chi connectivity index (χ1) is 6.26. The second-order valence-electron chi connectivity index (χ2n) is 2.35. The van der Waals surface area contributed by atoms with E-state index in [1.807, 2.05) is 0 Å². The molecule has 0 fully saturated rings. The van der Waals surface area contributed by atoms with E-state index >= 15 is 0 Å². The Bertz CT molecular complexity index is 339. The number of hydrogen-bond donors (Lipinski definition) is 0. The molecule has 1 rings (SSSR count). The number of nitriles is 1. The quantitative estimate of drug-likeness (QED) is 0.616. The van der Waals surface area contributed by atoms with Gasteiger partial charge in [-0.3, -0.25) is 4.79 Å². The normalized spacial score (nSPS) is 9.54. The number of nitrogens with zero attached hydrogens (tertiary/aromatic N) is 4. The fourth-order valence-electron chi connectivity index (χ4n) is 0.809. The van der Waals surface area contributed by atoms with Gasteiger partial charge in [0.05, 0.1) is 0 Å². The lowest BCUT2D eigenvalue weighted by molar-refractivity contribution is -0.123. The van der Waals surface area contributed by atoms with Crippen molar-refractivity contribution in [3.8, 4) is 6.07 Å². The molecule has 6 nitrogen and oxygen atoms in total. The highest BCUT2D eigenvalue weighted by atomic mass is 16.5. The summed E-state index contributed by atoms with van der Waals surface area (Å²) in [5.41, 5.74) is 0. The van der Waals surface area contributed by atoms with Crippen molar-refractivity contribution in [2.45, 2.75) is 6.54 Å². The Hall–Kier alpha value is -1.74. The van der Waals surface area contributed by atoms with Crippen LogP contribution >= 0.6 is 0 Å². The van der Waals surface area contributed by atoms with Gasteiger partial charge in [-0.2, -0.15) is 5.26 Å². The lowest BCUT2D eigenvalue weighted by Gasteiger charge is -1.97. The van der Waals surface area contributed by atoms with Crippen LogP contribution in [0.15, 0.2) is 6.33 Å². The van der Waals surface area contributed by atoms with E-state index in [4.69, 9.17) is 5.26 Å². The first kappa shape index (κ1) is 9.35. The zero-order chi connectivity index (χ0) is 9.68. The van der Waals surface area contributed by atoms with Crippen molar-refractivity contribution >= 4 is 5.78 Å². The molecule has 0 aromatic carbocycles. The smallest absolute Gasteiger partial charge is 0.252 e. The van der Waals surface area contributed by atoms with E-state index in [1.54, 1.807) is 6.07 Å². The van der Waals surface area contributed by atoms with Crippen LogP contribution < -0.4 is 0 Å². The topological polar surface area (TPSA) is 80.8 Å². The lowest BCUT2D eigenvalue weighted by Crippen LogP contribution is -2.15. The molecule has 0 saturated heterocycles. The Morgan fingerprint density at radius 1 is 1.85 bits per heavy atom. The number of carbonyl (C=O) groups is 1. The molecule has 0 aliphatic carbocycles. The van der Waals surface area contributed by atoms with Gasteiger partial charge in [0.2, 0.25) is 0 Å². The average Bonchev–Trinajstić information content (AvgIpc) is 2.52. The first-order valence-electron chi connectivity index (χ1n) is 3.56. The van der Waals surface area contributed by atoms with E-state index in [0.29, 0.717) is 0 Å². The Morgan fingerprint density at radius 2 is 2.62 bits per heavy atom. The minimum Gasteiger partial charge on any atom is -0.377 e. The summed E-state index contributed by atoms with van der Waals surface area (Å²) in [6.45, 7) is 0.129. The molecule has 0 radical (unpaired) electrons. The second-order valence-corrected chi connectivity index (χ2v) is 2.35. The molecule has 0 unspecified atom stereocenters. The molecule has 0 saturated carbocycles. The summed E-state index contributed by atoms with van der Waals surface area (Å²) in [5.74, 6) is -0.0536. The summed E-state index contributed by atoms with van der Waals surface area (Å²) in [6.07, 6.45) is 1.34. The van der Waals surface area contributed by atoms with Crippen LogP contribution in [0.5, 0.6) is 0 Å². The van der Waals surface area contributed by atoms with Crippen molar-refractivity contribution in [1.29, 1.82) is 5.26 Å². The van der Waals surface area contributed by atoms with Gasteiger partial charge in [0.15, 0.2) is 5.78 Å². The molecule has 0 N–H and O–H groups in total. The van der Waals surface area contributed by atoms with E-state index in [-0.39, 0.29) is 24.8 Å². The van der Waals surface area contributed by atoms with Crippen LogP contribution in [-0.2, 0) is 16.1 Å². The van der Waals surface area contributed by atoms with Crippen molar-refractivity contribution in [2.75, 3.05) is 13.7 Å². The van der Waals surface area contributed by atoms with Crippen LogP contribution in [0.4, 0.5) is 0 Å². The molecular weight excluding hydrogens is 172 g/mol. The van der Waals surface area contributed by atoms with Gasteiger partial charge in [-0.25, -0.2) is 9.67 Å². The van der Waals surface area contributed by atoms with Gasteiger partial charge in [-0.1, -0.05) is 0 Å². The molecular formula is C7H8N4O2. The predicted molar refractivity (Wildman–Crippen MR) is 41.6 cm³/mol. The third-order valence-electron chi connectivity index (χ3n) is 1.28. The minimum atomic E-state index is -0.114. The van der Waals surface area contributed by atoms with E-state index in [2.05, 4.69) is 14.8 Å². The molecule has 0 aliphatic heterocycles. The molecule has 13 heavy (non-hydrogen) atoms. The van der Waals surface area contributed by atoms with Crippen molar-refractivity contribution in [1.82, 2.24) is 14.8 Å². The maximum absolute atomic E-state index is 11.0. The SMILES string of the molecule is COCC(=O)Cn1cnc(C#N)n1. The maximum Gasteiger partial charge on any atom is 0.252 e. The molecule has 1 aromatic rings. The highest BCUT2D eigenvalue weighted by molar-refractivity contribution is 5.79. The molecule has 6 heteroatoms. The monoisotopic (exact) mass is 180 g/mol. The van der Waals surface area contributed by atoms with Crippen molar-refractivity contribution in [2.24, 2.45) is 0 Å². The molecule has 0 atom stereocenters. The van der Waals surface area contributed by atoms with Gasteiger partial charge < -0.3 is 4.74 Å². The number of ketones is 1. The molecule has 1 heterocycles. The van der Waals surface area contributed by atoms with Crippen LogP contribution in [0.2, 0.25) is 0 Å². The van der Waals surface area contributed by atoms with Crippen molar-refractivity contribution < 1.29 is 9.53 Å². The van der Waals surface area contributed by atoms with E-state index in [0.717, 1.165) is 0 Å². The number of aromatic nitrogens is 3. The highest BCUT2D eigenvalue weighted by Gasteiger charge is 2.04. The number of ether oxygens (including phenoxy) is 1. The van der Waals surface area contributed by atoms with Gasteiger partial charge in [-0.15, -0.1) is 5.10 Å². The zero-order valence-electron chi connectivity index (χ0n) is 7.10. The number of hydrogen-bond acceptors (Lipinski definition) is 5. The summed E-state index contributed by atoms with van der Waals surface area (Å²) in [6, 6.07) is 1.77. The highest BCUT2D eigenvalue weighted by Crippen LogP contribution is 1.88. The minimum absolute atomic E-state index is 0.0434. The molecule has 68 valence electrons. The fraction of sp³-hybridized carbons (Fsp3) is 0.429. The third-order valence-corrected chi connectivity index (χ3v) is 1.28. The summed E-state index contributed by atoms with van der Waals surface area (Å²) < 4.78 is 5.94. The first-order valence-corrected chi connectivity index (χ1v) is 3.56. The largest absolute Gasteiger partial charge is 0.377 e. The van der Waals surface area contributed by atoms with E-state index < -0.39 is 0 Å². The fourth-order valence-corrected chi connectivity index (χ4v) is 0.809. The molecule has 0 spiro atoms. The summed E-state index contributed by atoms with van der Waals surface area (Å²) in [4.78, 5) is 14.7. The van der Waals surface area contributed by atoms with Crippen LogP contribution in [-0.4, -0.2) is 34.3 Å². The van der Waals surface area contributed by atoms with E-state index in [1.165, 1.54) is 18.1 Å². The molecule has 0 aliphatic rings. The molecule has 0 amide bonds. The van der Waals surface area contributed by atoms with E-state index in [9.17, 15) is 4.79 Å². The second kappa shape index (κ2) is 4.33. The standard InChI is InChI=1S/C7H8N4O2/c1-13-4-6(12)3-11-5-9-7(2-8)10-11/h5H,3-4H2,1H3. The van der Waals surface area contributed by atoms with Gasteiger partial charge >= 0.3 is 0 Å². The predicted octanol–water partition coefficient (Wildman–Crippen LogP) is -0.635. The van der Waals surface area contributed by atoms with Gasteiger partial charge in [0.1, 0.15) is 25.5 Å². The number of Topliss-reactive ketones (excluding diaryl/α,β-unsaturated/α-hetero) is 1. The Kier molecular flexibility index (Phi) is 3.11. The molecule has 0 bridgehead atoms. The zero-order valence-corrected chi connectivity index (χ0v) is 7.10. The van der Waals surface area contributed by atoms with Crippen LogP contribution in [0, 0.1) is 11.3 Å². The Morgan fingerprint density at radius 3 is 3.15 bits per heavy atom. The lowest BCUT2D eigenvalue weighted by atomic mass is 10.4. The Balaban J connectivity index is 2.55. The van der Waals surface area contributed by atoms with Crippen molar-refractivity contribution in [3.63, 3.8) is 0 Å². The number of carbonyl (C=O) groups excluding carboxylic acids is 1. The maximum atomic E-state index is 11.0. The summed E-state index contributed by atoms with van der Waals surface area (Å²) in [7, 11) is 1.44. The van der Waals surface area contributed by atoms with Crippen LogP contribution in [0.1, 0.15) is 5.82 Å². The molecule has 1 aromatic heterocycles. The Labute approximate surface area is 74.8 Å². The van der Waals surface area contributed by atoms with Gasteiger partial charge in [0, 0.05) is 7.11 Å². The van der Waals surface area contributed by atoms with Gasteiger partial charge in [0.25, 0.3) is 5.82 Å². The third kappa shape index (κ3) is 2.65. The summed E-state index contributed by atoms with van der Waals surface area (Å²) in [5, 5.41) is 12.1. The van der Waals surface area contributed by atoms with Crippen LogP contribution in [0.25, 0.3) is 0 Å². The number of methoxy groups -OCH3 is 1. The number of rotatable bonds is 4. The van der Waals surface area contributed by atoms with Crippen molar-refractivity contribution in [3.05, 3.63) is 12.2 Å². The van der Waals surface area contributed by atoms with Crippen LogP contribution in [0.3, 0.4) is 0 Å². The van der Waals surface area contributed by atoms with Gasteiger partial charge in [-0.05, 0) is 0 Å².